The molecule has 6 nitrogen and oxygen atoms in total. The van der Waals surface area contributed by atoms with Crippen molar-refractivity contribution in [2.24, 2.45) is 5.92 Å². The van der Waals surface area contributed by atoms with Gasteiger partial charge in [0.2, 0.25) is 10.0 Å². The van der Waals surface area contributed by atoms with Crippen LogP contribution in [0, 0.1) is 5.92 Å². The molecule has 132 valence electrons. The van der Waals surface area contributed by atoms with Crippen LogP contribution in [-0.2, 0) is 33.9 Å². The number of fused-ring (bicyclic) bond motifs is 1. The second kappa shape index (κ2) is 6.78. The van der Waals surface area contributed by atoms with Gasteiger partial charge < -0.3 is 9.30 Å². The van der Waals surface area contributed by atoms with Crippen LogP contribution in [0.5, 0.6) is 0 Å². The van der Waals surface area contributed by atoms with E-state index in [1.54, 1.807) is 0 Å². The monoisotopic (exact) mass is 355 g/mol. The van der Waals surface area contributed by atoms with Crippen molar-refractivity contribution in [1.29, 1.82) is 0 Å². The molecule has 0 amide bonds. The van der Waals surface area contributed by atoms with E-state index in [4.69, 9.17) is 4.74 Å². The Morgan fingerprint density at radius 2 is 2.22 bits per heavy atom. The lowest BCUT2D eigenvalue weighted by atomic mass is 10.00. The van der Waals surface area contributed by atoms with Crippen molar-refractivity contribution in [2.75, 3.05) is 20.3 Å². The van der Waals surface area contributed by atoms with Gasteiger partial charge in [-0.25, -0.2) is 18.1 Å². The number of ether oxygens (including phenoxy) is 1. The number of aromatic nitrogens is 2. The highest BCUT2D eigenvalue weighted by Gasteiger charge is 2.36. The van der Waals surface area contributed by atoms with Gasteiger partial charge in [-0.3, -0.25) is 0 Å². The molecular formula is C13H20F3N3O3S. The van der Waals surface area contributed by atoms with Crippen LogP contribution >= 0.6 is 0 Å². The summed E-state index contributed by atoms with van der Waals surface area (Å²) >= 11 is 0. The predicted octanol–water partition coefficient (Wildman–Crippen LogP) is 1.42. The van der Waals surface area contributed by atoms with Crippen LogP contribution in [0.2, 0.25) is 0 Å². The molecule has 0 aliphatic carbocycles. The Hall–Kier alpha value is -1.13. The first-order valence-corrected chi connectivity index (χ1v) is 8.78. The number of alkyl halides is 3. The van der Waals surface area contributed by atoms with Gasteiger partial charge in [0, 0.05) is 32.8 Å². The van der Waals surface area contributed by atoms with Crippen LogP contribution in [0.4, 0.5) is 13.2 Å². The molecule has 1 aliphatic rings. The highest BCUT2D eigenvalue weighted by molar-refractivity contribution is 7.90. The van der Waals surface area contributed by atoms with Crippen molar-refractivity contribution in [3.05, 3.63) is 17.7 Å². The Labute approximate surface area is 133 Å². The Kier molecular flexibility index (Phi) is 5.37. The molecule has 0 saturated carbocycles. The molecule has 0 radical (unpaired) electrons. The number of sulfonamides is 1. The standard InChI is InChI=1S/C13H20F3N3O3S/c1-9(8-22-2)23(20,21)17-5-10-3-4-12-18-11(13(14,15)16)7-19(12)6-10/h7,9-10,17H,3-6,8H2,1-2H3/t9-,10+/m1/s1. The van der Waals surface area contributed by atoms with Crippen molar-refractivity contribution in [3.8, 4) is 0 Å². The molecule has 1 aromatic heterocycles. The lowest BCUT2D eigenvalue weighted by Crippen LogP contribution is -2.39. The molecule has 10 heteroatoms. The first-order chi connectivity index (χ1) is 10.6. The summed E-state index contributed by atoms with van der Waals surface area (Å²) in [5.41, 5.74) is -0.901. The summed E-state index contributed by atoms with van der Waals surface area (Å²) in [6, 6.07) is 0. The van der Waals surface area contributed by atoms with Gasteiger partial charge in [0.1, 0.15) is 5.82 Å². The van der Waals surface area contributed by atoms with E-state index in [0.29, 0.717) is 25.2 Å². The van der Waals surface area contributed by atoms with Crippen molar-refractivity contribution >= 4 is 10.0 Å². The van der Waals surface area contributed by atoms with Gasteiger partial charge >= 0.3 is 6.18 Å². The Morgan fingerprint density at radius 3 is 2.83 bits per heavy atom. The third kappa shape index (κ3) is 4.45. The zero-order valence-corrected chi connectivity index (χ0v) is 13.7. The summed E-state index contributed by atoms with van der Waals surface area (Å²) in [6.07, 6.45) is -2.48. The fourth-order valence-corrected chi connectivity index (χ4v) is 3.59. The predicted molar refractivity (Wildman–Crippen MR) is 77.3 cm³/mol. The molecule has 0 fully saturated rings. The number of hydrogen-bond acceptors (Lipinski definition) is 4. The van der Waals surface area contributed by atoms with Crippen LogP contribution in [0.1, 0.15) is 24.9 Å². The Bertz CT molecular complexity index is 643. The molecule has 0 bridgehead atoms. The summed E-state index contributed by atoms with van der Waals surface area (Å²) in [5.74, 6) is 0.325. The number of methoxy groups -OCH3 is 1. The second-order valence-corrected chi connectivity index (χ2v) is 7.94. The van der Waals surface area contributed by atoms with Crippen LogP contribution in [0.15, 0.2) is 6.20 Å². The van der Waals surface area contributed by atoms with Gasteiger partial charge in [-0.15, -0.1) is 0 Å². The van der Waals surface area contributed by atoms with E-state index >= 15 is 0 Å². The normalized spacial score (nSPS) is 20.3. The van der Waals surface area contributed by atoms with Gasteiger partial charge in [0.25, 0.3) is 0 Å². The van der Waals surface area contributed by atoms with Gasteiger partial charge in [0.15, 0.2) is 5.69 Å². The van der Waals surface area contributed by atoms with E-state index in [1.165, 1.54) is 18.6 Å². The summed E-state index contributed by atoms with van der Waals surface area (Å²) in [4.78, 5) is 3.60. The minimum absolute atomic E-state index is 0.0673. The molecule has 2 heterocycles. The lowest BCUT2D eigenvalue weighted by Gasteiger charge is -2.24. The molecule has 1 aromatic rings. The molecule has 0 spiro atoms. The maximum Gasteiger partial charge on any atom is 0.434 e. The van der Waals surface area contributed by atoms with E-state index in [2.05, 4.69) is 9.71 Å². The van der Waals surface area contributed by atoms with E-state index in [9.17, 15) is 21.6 Å². The molecule has 1 N–H and O–H groups in total. The Morgan fingerprint density at radius 1 is 1.52 bits per heavy atom. The van der Waals surface area contributed by atoms with E-state index in [-0.39, 0.29) is 19.1 Å². The molecule has 0 saturated heterocycles. The number of nitrogens with one attached hydrogen (secondary N) is 1. The minimum Gasteiger partial charge on any atom is -0.383 e. The average molecular weight is 355 g/mol. The van der Waals surface area contributed by atoms with E-state index < -0.39 is 27.1 Å². The number of rotatable bonds is 6. The van der Waals surface area contributed by atoms with Crippen molar-refractivity contribution in [3.63, 3.8) is 0 Å². The topological polar surface area (TPSA) is 73.2 Å². The van der Waals surface area contributed by atoms with Gasteiger partial charge in [0.05, 0.1) is 11.9 Å². The maximum atomic E-state index is 12.7. The zero-order valence-electron chi connectivity index (χ0n) is 12.9. The van der Waals surface area contributed by atoms with Crippen LogP contribution in [-0.4, -0.2) is 43.5 Å². The Balaban J connectivity index is 1.97. The van der Waals surface area contributed by atoms with E-state index in [0.717, 1.165) is 6.20 Å². The van der Waals surface area contributed by atoms with Crippen LogP contribution < -0.4 is 4.72 Å². The smallest absolute Gasteiger partial charge is 0.383 e. The van der Waals surface area contributed by atoms with Crippen molar-refractivity contribution in [1.82, 2.24) is 14.3 Å². The SMILES string of the molecule is COC[C@@H](C)S(=O)(=O)NC[C@@H]1CCc2nc(C(F)(F)F)cn2C1. The van der Waals surface area contributed by atoms with Crippen LogP contribution in [0.3, 0.4) is 0 Å². The number of halogens is 3. The number of hydrogen-bond donors (Lipinski definition) is 1. The molecule has 2 rings (SSSR count). The van der Waals surface area contributed by atoms with Gasteiger partial charge in [-0.05, 0) is 19.3 Å². The molecular weight excluding hydrogens is 335 g/mol. The first-order valence-electron chi connectivity index (χ1n) is 7.24. The highest BCUT2D eigenvalue weighted by atomic mass is 32.2. The fraction of sp³-hybridized carbons (Fsp3) is 0.769. The van der Waals surface area contributed by atoms with Gasteiger partial charge in [-0.1, -0.05) is 0 Å². The quantitative estimate of drug-likeness (QED) is 0.838. The highest BCUT2D eigenvalue weighted by Crippen LogP contribution is 2.30. The van der Waals surface area contributed by atoms with E-state index in [1.807, 2.05) is 0 Å². The summed E-state index contributed by atoms with van der Waals surface area (Å²) in [7, 11) is -2.07. The lowest BCUT2D eigenvalue weighted by molar-refractivity contribution is -0.141. The first kappa shape index (κ1) is 18.2. The largest absolute Gasteiger partial charge is 0.434 e. The zero-order chi connectivity index (χ0) is 17.3. The molecule has 0 aromatic carbocycles. The second-order valence-electron chi connectivity index (χ2n) is 5.76. The molecule has 0 unspecified atom stereocenters. The van der Waals surface area contributed by atoms with Crippen LogP contribution in [0.25, 0.3) is 0 Å². The summed E-state index contributed by atoms with van der Waals surface area (Å²) < 4.78 is 70.7. The van der Waals surface area contributed by atoms with Crippen molar-refractivity contribution in [2.45, 2.75) is 37.7 Å². The van der Waals surface area contributed by atoms with Gasteiger partial charge in [-0.2, -0.15) is 13.2 Å². The summed E-state index contributed by atoms with van der Waals surface area (Å²) in [6.45, 7) is 2.13. The number of nitrogens with zero attached hydrogens (tertiary/aromatic N) is 2. The molecule has 23 heavy (non-hydrogen) atoms. The van der Waals surface area contributed by atoms with Crippen molar-refractivity contribution < 1.29 is 26.3 Å². The maximum absolute atomic E-state index is 12.7. The average Bonchev–Trinajstić information content (AvgIpc) is 2.88. The third-order valence-corrected chi connectivity index (χ3v) is 5.65. The third-order valence-electron chi connectivity index (χ3n) is 3.88. The summed E-state index contributed by atoms with van der Waals surface area (Å²) in [5, 5.41) is -0.684. The number of imidazole rings is 1. The minimum atomic E-state index is -4.46. The molecule has 2 atom stereocenters. The number of aryl methyl sites for hydroxylation is 1. The fourth-order valence-electron chi connectivity index (χ4n) is 2.52. The molecule has 1 aliphatic heterocycles.